The maximum absolute atomic E-state index is 7.49. The molecule has 0 heterocycles. The number of amidine groups is 1. The average molecular weight is 273 g/mol. The molecule has 0 bridgehead atoms. The first-order valence-corrected chi connectivity index (χ1v) is 6.20. The number of halogens is 1. The van der Waals surface area contributed by atoms with Crippen LogP contribution in [0.1, 0.15) is 18.9 Å². The Hall–Kier alpha value is -0.480. The third kappa shape index (κ3) is 2.75. The van der Waals surface area contributed by atoms with Crippen LogP contribution < -0.4 is 5.73 Å². The van der Waals surface area contributed by atoms with Gasteiger partial charge in [-0.3, -0.25) is 5.41 Å². The maximum Gasteiger partial charge on any atom is 0.125 e. The third-order valence-electron chi connectivity index (χ3n) is 1.71. The molecule has 0 saturated heterocycles. The highest BCUT2D eigenvalue weighted by atomic mass is 79.9. The molecule has 0 aromatic heterocycles. The van der Waals surface area contributed by atoms with Gasteiger partial charge in [0, 0.05) is 14.9 Å². The SMILES string of the molecule is CCCSc1cccc(Br)c1C(=N)N. The van der Waals surface area contributed by atoms with E-state index in [1.54, 1.807) is 11.8 Å². The van der Waals surface area contributed by atoms with E-state index >= 15 is 0 Å². The fourth-order valence-corrected chi connectivity index (χ4v) is 2.77. The molecule has 0 fully saturated rings. The fourth-order valence-electron chi connectivity index (χ4n) is 1.10. The Bertz CT molecular complexity index is 339. The van der Waals surface area contributed by atoms with E-state index in [2.05, 4.69) is 22.9 Å². The van der Waals surface area contributed by atoms with Crippen molar-refractivity contribution in [3.8, 4) is 0 Å². The Morgan fingerprint density at radius 2 is 2.29 bits per heavy atom. The highest BCUT2D eigenvalue weighted by Crippen LogP contribution is 2.28. The van der Waals surface area contributed by atoms with Crippen LogP contribution in [0.15, 0.2) is 27.6 Å². The molecule has 1 aromatic rings. The first kappa shape index (κ1) is 11.6. The second kappa shape index (κ2) is 5.41. The van der Waals surface area contributed by atoms with Crippen molar-refractivity contribution in [2.24, 2.45) is 5.73 Å². The van der Waals surface area contributed by atoms with Gasteiger partial charge in [0.25, 0.3) is 0 Å². The Balaban J connectivity index is 3.02. The molecule has 0 radical (unpaired) electrons. The molecule has 76 valence electrons. The van der Waals surface area contributed by atoms with Crippen molar-refractivity contribution in [2.45, 2.75) is 18.2 Å². The molecule has 1 rings (SSSR count). The highest BCUT2D eigenvalue weighted by Gasteiger charge is 2.08. The lowest BCUT2D eigenvalue weighted by atomic mass is 10.2. The molecule has 0 atom stereocenters. The van der Waals surface area contributed by atoms with E-state index in [4.69, 9.17) is 11.1 Å². The van der Waals surface area contributed by atoms with Gasteiger partial charge in [0.05, 0.1) is 0 Å². The van der Waals surface area contributed by atoms with Crippen LogP contribution in [0.2, 0.25) is 0 Å². The molecule has 0 spiro atoms. The number of nitrogens with two attached hydrogens (primary N) is 1. The molecule has 0 aliphatic carbocycles. The third-order valence-corrected chi connectivity index (χ3v) is 3.63. The summed E-state index contributed by atoms with van der Waals surface area (Å²) in [6, 6.07) is 5.88. The number of hydrogen-bond donors (Lipinski definition) is 2. The summed E-state index contributed by atoms with van der Waals surface area (Å²) >= 11 is 5.14. The molecule has 1 aromatic carbocycles. The van der Waals surface area contributed by atoms with Crippen molar-refractivity contribution in [3.05, 3.63) is 28.2 Å². The molecule has 0 aliphatic heterocycles. The zero-order chi connectivity index (χ0) is 10.6. The lowest BCUT2D eigenvalue weighted by molar-refractivity contribution is 1.10. The monoisotopic (exact) mass is 272 g/mol. The fraction of sp³-hybridized carbons (Fsp3) is 0.300. The minimum atomic E-state index is 0.121. The summed E-state index contributed by atoms with van der Waals surface area (Å²) in [7, 11) is 0. The van der Waals surface area contributed by atoms with E-state index in [0.717, 1.165) is 27.1 Å². The Labute approximate surface area is 96.9 Å². The molecule has 0 unspecified atom stereocenters. The van der Waals surface area contributed by atoms with Crippen LogP contribution in [0, 0.1) is 5.41 Å². The molecule has 0 aliphatic rings. The van der Waals surface area contributed by atoms with E-state index < -0.39 is 0 Å². The van der Waals surface area contributed by atoms with Gasteiger partial charge in [0.15, 0.2) is 0 Å². The Kier molecular flexibility index (Phi) is 4.48. The molecule has 2 nitrogen and oxygen atoms in total. The number of nitrogens with one attached hydrogen (secondary N) is 1. The van der Waals surface area contributed by atoms with E-state index in [1.807, 2.05) is 18.2 Å². The number of nitrogen functional groups attached to an aromatic ring is 1. The quantitative estimate of drug-likeness (QED) is 0.502. The smallest absolute Gasteiger partial charge is 0.125 e. The lowest BCUT2D eigenvalue weighted by Gasteiger charge is -2.08. The molecule has 4 heteroatoms. The van der Waals surface area contributed by atoms with Gasteiger partial charge < -0.3 is 5.73 Å². The van der Waals surface area contributed by atoms with Crippen molar-refractivity contribution < 1.29 is 0 Å². The molecular weight excluding hydrogens is 260 g/mol. The summed E-state index contributed by atoms with van der Waals surface area (Å²) in [5.74, 6) is 1.17. The van der Waals surface area contributed by atoms with Gasteiger partial charge in [-0.1, -0.05) is 13.0 Å². The van der Waals surface area contributed by atoms with E-state index in [1.165, 1.54) is 0 Å². The summed E-state index contributed by atoms with van der Waals surface area (Å²) < 4.78 is 0.895. The summed E-state index contributed by atoms with van der Waals surface area (Å²) in [6.07, 6.45) is 1.12. The van der Waals surface area contributed by atoms with Crippen LogP contribution in [0.3, 0.4) is 0 Å². The first-order valence-electron chi connectivity index (χ1n) is 4.42. The van der Waals surface area contributed by atoms with Gasteiger partial charge in [-0.25, -0.2) is 0 Å². The van der Waals surface area contributed by atoms with Crippen LogP contribution >= 0.6 is 27.7 Å². The second-order valence-corrected chi connectivity index (χ2v) is 4.87. The van der Waals surface area contributed by atoms with Crippen LogP contribution in [0.25, 0.3) is 0 Å². The predicted octanol–water partition coefficient (Wildman–Crippen LogP) is 3.24. The van der Waals surface area contributed by atoms with Crippen LogP contribution in [0.5, 0.6) is 0 Å². The normalized spacial score (nSPS) is 10.1. The largest absolute Gasteiger partial charge is 0.384 e. The summed E-state index contributed by atoms with van der Waals surface area (Å²) in [6.45, 7) is 2.14. The first-order chi connectivity index (χ1) is 6.66. The molecule has 3 N–H and O–H groups in total. The van der Waals surface area contributed by atoms with Gasteiger partial charge in [-0.15, -0.1) is 11.8 Å². The number of thioether (sulfide) groups is 1. The van der Waals surface area contributed by atoms with E-state index in [-0.39, 0.29) is 5.84 Å². The van der Waals surface area contributed by atoms with Crippen LogP contribution in [0.4, 0.5) is 0 Å². The number of hydrogen-bond acceptors (Lipinski definition) is 2. The topological polar surface area (TPSA) is 49.9 Å². The molecule has 14 heavy (non-hydrogen) atoms. The van der Waals surface area contributed by atoms with Crippen molar-refractivity contribution in [2.75, 3.05) is 5.75 Å². The number of rotatable bonds is 4. The molecule has 0 saturated carbocycles. The summed E-state index contributed by atoms with van der Waals surface area (Å²) in [5.41, 5.74) is 6.34. The average Bonchev–Trinajstić information content (AvgIpc) is 2.14. The highest BCUT2D eigenvalue weighted by molar-refractivity contribution is 9.10. The van der Waals surface area contributed by atoms with Crippen LogP contribution in [-0.4, -0.2) is 11.6 Å². The van der Waals surface area contributed by atoms with Crippen molar-refractivity contribution >= 4 is 33.5 Å². The Morgan fingerprint density at radius 1 is 1.57 bits per heavy atom. The lowest BCUT2D eigenvalue weighted by Crippen LogP contribution is -2.13. The molecular formula is C10H13BrN2S. The minimum absolute atomic E-state index is 0.121. The maximum atomic E-state index is 7.49. The zero-order valence-electron chi connectivity index (χ0n) is 8.01. The van der Waals surface area contributed by atoms with Crippen LogP contribution in [-0.2, 0) is 0 Å². The van der Waals surface area contributed by atoms with Gasteiger partial charge in [0.1, 0.15) is 5.84 Å². The standard InChI is InChI=1S/C10H13BrN2S/c1-2-6-14-8-5-3-4-7(11)9(8)10(12)13/h3-5H,2,6H2,1H3,(H3,12,13). The summed E-state index contributed by atoms with van der Waals surface area (Å²) in [5, 5.41) is 7.49. The molecule has 0 amide bonds. The predicted molar refractivity (Wildman–Crippen MR) is 66.2 cm³/mol. The van der Waals surface area contributed by atoms with E-state index in [0.29, 0.717) is 0 Å². The Morgan fingerprint density at radius 3 is 2.86 bits per heavy atom. The second-order valence-electron chi connectivity index (χ2n) is 2.88. The summed E-state index contributed by atoms with van der Waals surface area (Å²) in [4.78, 5) is 1.08. The van der Waals surface area contributed by atoms with Crippen molar-refractivity contribution in [1.29, 1.82) is 5.41 Å². The van der Waals surface area contributed by atoms with Crippen molar-refractivity contribution in [1.82, 2.24) is 0 Å². The van der Waals surface area contributed by atoms with Gasteiger partial charge in [-0.05, 0) is 40.2 Å². The van der Waals surface area contributed by atoms with Gasteiger partial charge in [0.2, 0.25) is 0 Å². The van der Waals surface area contributed by atoms with Crippen molar-refractivity contribution in [3.63, 3.8) is 0 Å². The van der Waals surface area contributed by atoms with Gasteiger partial charge in [-0.2, -0.15) is 0 Å². The minimum Gasteiger partial charge on any atom is -0.384 e. The zero-order valence-corrected chi connectivity index (χ0v) is 10.4. The van der Waals surface area contributed by atoms with Gasteiger partial charge >= 0.3 is 0 Å². The number of benzene rings is 1. The van der Waals surface area contributed by atoms with E-state index in [9.17, 15) is 0 Å².